The third-order valence-corrected chi connectivity index (χ3v) is 3.11. The van der Waals surface area contributed by atoms with Crippen LogP contribution in [0.25, 0.3) is 0 Å². The largest absolute Gasteiger partial charge is 0.391 e. The molecule has 1 amide bonds. The van der Waals surface area contributed by atoms with Crippen LogP contribution in [0.3, 0.4) is 0 Å². The molecule has 6 heteroatoms. The van der Waals surface area contributed by atoms with Crippen molar-refractivity contribution in [3.8, 4) is 0 Å². The molecule has 16 heavy (non-hydrogen) atoms. The van der Waals surface area contributed by atoms with Crippen molar-refractivity contribution in [3.63, 3.8) is 0 Å². The first kappa shape index (κ1) is 9.77. The van der Waals surface area contributed by atoms with Gasteiger partial charge >= 0.3 is 0 Å². The molecule has 86 valence electrons. The number of H-pyrrole nitrogens is 1. The fourth-order valence-corrected chi connectivity index (χ4v) is 1.98. The van der Waals surface area contributed by atoms with Crippen LogP contribution in [-0.4, -0.2) is 50.3 Å². The maximum Gasteiger partial charge on any atom is 0.293 e. The van der Waals surface area contributed by atoms with Gasteiger partial charge in [0.1, 0.15) is 5.82 Å². The van der Waals surface area contributed by atoms with E-state index < -0.39 is 6.10 Å². The number of aliphatic hydroxyl groups excluding tert-OH is 1. The Hall–Kier alpha value is -1.43. The minimum atomic E-state index is -0.397. The Morgan fingerprint density at radius 3 is 2.88 bits per heavy atom. The van der Waals surface area contributed by atoms with Crippen molar-refractivity contribution in [2.75, 3.05) is 13.1 Å². The molecule has 1 saturated heterocycles. The molecule has 1 aromatic heterocycles. The van der Waals surface area contributed by atoms with Crippen molar-refractivity contribution in [2.24, 2.45) is 0 Å². The minimum absolute atomic E-state index is 0.181. The number of hydrogen-bond acceptors (Lipinski definition) is 4. The van der Waals surface area contributed by atoms with E-state index in [1.165, 1.54) is 0 Å². The minimum Gasteiger partial charge on any atom is -0.391 e. The van der Waals surface area contributed by atoms with E-state index in [0.29, 0.717) is 25.4 Å². The summed E-state index contributed by atoms with van der Waals surface area (Å²) in [5, 5.41) is 16.1. The fourth-order valence-electron chi connectivity index (χ4n) is 1.98. The van der Waals surface area contributed by atoms with Crippen LogP contribution in [0.15, 0.2) is 0 Å². The van der Waals surface area contributed by atoms with Gasteiger partial charge in [0.05, 0.1) is 6.10 Å². The Bertz CT molecular complexity index is 413. The highest BCUT2D eigenvalue weighted by atomic mass is 16.3. The third-order valence-electron chi connectivity index (χ3n) is 3.11. The summed E-state index contributed by atoms with van der Waals surface area (Å²) in [6.45, 7) is 0.986. The zero-order valence-electron chi connectivity index (χ0n) is 8.89. The van der Waals surface area contributed by atoms with Gasteiger partial charge in [-0.15, -0.1) is 5.10 Å². The van der Waals surface area contributed by atoms with Gasteiger partial charge in [-0.05, 0) is 19.3 Å². The quantitative estimate of drug-likeness (QED) is 0.731. The van der Waals surface area contributed by atoms with E-state index in [2.05, 4.69) is 15.2 Å². The summed E-state index contributed by atoms with van der Waals surface area (Å²) in [4.78, 5) is 17.7. The zero-order valence-corrected chi connectivity index (χ0v) is 8.89. The van der Waals surface area contributed by atoms with E-state index >= 15 is 0 Å². The van der Waals surface area contributed by atoms with Crippen LogP contribution in [0.1, 0.15) is 41.6 Å². The van der Waals surface area contributed by atoms with Crippen molar-refractivity contribution in [2.45, 2.75) is 31.3 Å². The standard InChI is InChI=1S/C10H14N4O2/c15-7-3-4-14(5-7)10(16)9-11-8(12-13-9)6-1-2-6/h6-7,15H,1-5H2,(H,11,12,13)/t7-/m0/s1. The number of carbonyl (C=O) groups is 1. The van der Waals surface area contributed by atoms with Crippen LogP contribution < -0.4 is 0 Å². The molecule has 1 aliphatic heterocycles. The Balaban J connectivity index is 1.73. The summed E-state index contributed by atoms with van der Waals surface area (Å²) < 4.78 is 0. The summed E-state index contributed by atoms with van der Waals surface area (Å²) in [6, 6.07) is 0. The van der Waals surface area contributed by atoms with Crippen molar-refractivity contribution in [1.82, 2.24) is 20.1 Å². The second kappa shape index (κ2) is 3.55. The van der Waals surface area contributed by atoms with Gasteiger partial charge < -0.3 is 10.0 Å². The van der Waals surface area contributed by atoms with Crippen LogP contribution in [0.4, 0.5) is 0 Å². The third kappa shape index (κ3) is 1.69. The average molecular weight is 222 g/mol. The lowest BCUT2D eigenvalue weighted by molar-refractivity contribution is 0.0753. The summed E-state index contributed by atoms with van der Waals surface area (Å²) >= 11 is 0. The Labute approximate surface area is 92.7 Å². The molecule has 2 aliphatic rings. The van der Waals surface area contributed by atoms with Gasteiger partial charge in [-0.25, -0.2) is 4.98 Å². The molecule has 0 spiro atoms. The van der Waals surface area contributed by atoms with Gasteiger partial charge in [0, 0.05) is 19.0 Å². The molecular formula is C10H14N4O2. The number of carbonyl (C=O) groups excluding carboxylic acids is 1. The molecule has 1 aliphatic carbocycles. The Morgan fingerprint density at radius 2 is 2.25 bits per heavy atom. The first-order valence-electron chi connectivity index (χ1n) is 5.63. The van der Waals surface area contributed by atoms with E-state index in [4.69, 9.17) is 0 Å². The lowest BCUT2D eigenvalue weighted by atomic mass is 10.3. The predicted molar refractivity (Wildman–Crippen MR) is 54.9 cm³/mol. The molecule has 1 atom stereocenters. The van der Waals surface area contributed by atoms with Crippen LogP contribution in [0.5, 0.6) is 0 Å². The SMILES string of the molecule is O=C(c1n[nH]c(C2CC2)n1)N1CC[C@H](O)C1. The van der Waals surface area contributed by atoms with Gasteiger partial charge in [0.15, 0.2) is 0 Å². The van der Waals surface area contributed by atoms with E-state index in [0.717, 1.165) is 18.7 Å². The van der Waals surface area contributed by atoms with E-state index in [9.17, 15) is 9.90 Å². The van der Waals surface area contributed by atoms with E-state index in [-0.39, 0.29) is 11.7 Å². The highest BCUT2D eigenvalue weighted by Gasteiger charge is 2.31. The van der Waals surface area contributed by atoms with Crippen molar-refractivity contribution >= 4 is 5.91 Å². The smallest absolute Gasteiger partial charge is 0.293 e. The number of aromatic amines is 1. The molecule has 0 unspecified atom stereocenters. The highest BCUT2D eigenvalue weighted by molar-refractivity contribution is 5.90. The Kier molecular flexibility index (Phi) is 2.17. The van der Waals surface area contributed by atoms with Crippen LogP contribution >= 0.6 is 0 Å². The van der Waals surface area contributed by atoms with Crippen LogP contribution in [0.2, 0.25) is 0 Å². The summed E-state index contributed by atoms with van der Waals surface area (Å²) in [7, 11) is 0. The number of amides is 1. The predicted octanol–water partition coefficient (Wildman–Crippen LogP) is -0.111. The Morgan fingerprint density at radius 1 is 1.44 bits per heavy atom. The molecule has 2 N–H and O–H groups in total. The van der Waals surface area contributed by atoms with Crippen molar-refractivity contribution < 1.29 is 9.90 Å². The second-order valence-corrected chi connectivity index (χ2v) is 4.51. The lowest BCUT2D eigenvalue weighted by Gasteiger charge is -2.12. The fraction of sp³-hybridized carbons (Fsp3) is 0.700. The molecule has 0 bridgehead atoms. The molecular weight excluding hydrogens is 208 g/mol. The summed E-state index contributed by atoms with van der Waals surface area (Å²) in [5.41, 5.74) is 0. The van der Waals surface area contributed by atoms with E-state index in [1.54, 1.807) is 4.90 Å². The number of β-amino-alcohol motifs (C(OH)–C–C–N with tert-alkyl or cyclic N) is 1. The number of rotatable bonds is 2. The topological polar surface area (TPSA) is 82.1 Å². The van der Waals surface area contributed by atoms with Crippen LogP contribution in [0, 0.1) is 0 Å². The molecule has 0 aromatic carbocycles. The molecule has 1 saturated carbocycles. The van der Waals surface area contributed by atoms with Gasteiger partial charge in [-0.2, -0.15) is 0 Å². The number of nitrogens with zero attached hydrogens (tertiary/aromatic N) is 3. The molecule has 2 heterocycles. The highest BCUT2D eigenvalue weighted by Crippen LogP contribution is 2.37. The first-order chi connectivity index (χ1) is 7.74. The van der Waals surface area contributed by atoms with Gasteiger partial charge in [-0.3, -0.25) is 9.89 Å². The van der Waals surface area contributed by atoms with E-state index in [1.807, 2.05) is 0 Å². The maximum absolute atomic E-state index is 11.9. The maximum atomic E-state index is 11.9. The molecule has 3 rings (SSSR count). The lowest BCUT2D eigenvalue weighted by Crippen LogP contribution is -2.30. The normalized spacial score (nSPS) is 25.1. The monoisotopic (exact) mass is 222 g/mol. The van der Waals surface area contributed by atoms with Gasteiger partial charge in [0.25, 0.3) is 5.91 Å². The van der Waals surface area contributed by atoms with Crippen LogP contribution in [-0.2, 0) is 0 Å². The first-order valence-corrected chi connectivity index (χ1v) is 5.63. The number of likely N-dealkylation sites (tertiary alicyclic amines) is 1. The average Bonchev–Trinajstić information content (AvgIpc) is 2.86. The van der Waals surface area contributed by atoms with Crippen molar-refractivity contribution in [3.05, 3.63) is 11.6 Å². The zero-order chi connectivity index (χ0) is 11.1. The number of nitrogens with one attached hydrogen (secondary N) is 1. The van der Waals surface area contributed by atoms with Crippen molar-refractivity contribution in [1.29, 1.82) is 0 Å². The summed E-state index contributed by atoms with van der Waals surface area (Å²) in [5.74, 6) is 1.34. The molecule has 2 fully saturated rings. The van der Waals surface area contributed by atoms with Gasteiger partial charge in [-0.1, -0.05) is 0 Å². The number of aliphatic hydroxyl groups is 1. The van der Waals surface area contributed by atoms with Gasteiger partial charge in [0.2, 0.25) is 5.82 Å². The number of hydrogen-bond donors (Lipinski definition) is 2. The molecule has 0 radical (unpaired) electrons. The summed E-state index contributed by atoms with van der Waals surface area (Å²) in [6.07, 6.45) is 2.51. The number of aromatic nitrogens is 3. The molecule has 6 nitrogen and oxygen atoms in total. The molecule has 1 aromatic rings. The second-order valence-electron chi connectivity index (χ2n) is 4.51.